The maximum atomic E-state index is 12.4. The first-order valence-electron chi connectivity index (χ1n) is 8.79. The van der Waals surface area contributed by atoms with Crippen LogP contribution in [-0.4, -0.2) is 28.7 Å². The lowest BCUT2D eigenvalue weighted by molar-refractivity contribution is -0.384. The van der Waals surface area contributed by atoms with Gasteiger partial charge in [-0.25, -0.2) is 0 Å². The van der Waals surface area contributed by atoms with Gasteiger partial charge in [-0.3, -0.25) is 19.7 Å². The number of esters is 1. The third-order valence-corrected chi connectivity index (χ3v) is 5.11. The van der Waals surface area contributed by atoms with E-state index in [1.54, 1.807) is 18.2 Å². The molecule has 0 radical (unpaired) electrons. The Hall–Kier alpha value is -3.39. The molecule has 0 heterocycles. The van der Waals surface area contributed by atoms with E-state index in [-0.39, 0.29) is 11.4 Å². The van der Waals surface area contributed by atoms with Crippen molar-refractivity contribution in [2.24, 2.45) is 0 Å². The molecule has 3 aromatic rings. The van der Waals surface area contributed by atoms with E-state index in [2.05, 4.69) is 5.32 Å². The lowest BCUT2D eigenvalue weighted by Crippen LogP contribution is -2.30. The van der Waals surface area contributed by atoms with Crippen molar-refractivity contribution in [2.45, 2.75) is 17.9 Å². The Balaban J connectivity index is 1.53. The van der Waals surface area contributed by atoms with Crippen molar-refractivity contribution in [3.63, 3.8) is 0 Å². The van der Waals surface area contributed by atoms with E-state index in [4.69, 9.17) is 4.74 Å². The van der Waals surface area contributed by atoms with Crippen LogP contribution in [-0.2, 0) is 14.3 Å². The fourth-order valence-corrected chi connectivity index (χ4v) is 3.34. The number of benzene rings is 3. The molecule has 7 nitrogen and oxygen atoms in total. The van der Waals surface area contributed by atoms with Gasteiger partial charge in [0.05, 0.1) is 10.7 Å². The maximum absolute atomic E-state index is 12.4. The second-order valence-corrected chi connectivity index (χ2v) is 7.24. The molecule has 3 aromatic carbocycles. The Labute approximate surface area is 171 Å². The molecule has 0 saturated carbocycles. The lowest BCUT2D eigenvalue weighted by Gasteiger charge is -2.14. The highest BCUT2D eigenvalue weighted by atomic mass is 32.2. The van der Waals surface area contributed by atoms with E-state index in [1.165, 1.54) is 30.8 Å². The van der Waals surface area contributed by atoms with Gasteiger partial charge in [0, 0.05) is 28.1 Å². The smallest absolute Gasteiger partial charge is 0.317 e. The lowest BCUT2D eigenvalue weighted by atomic mass is 10.1. The molecule has 0 unspecified atom stereocenters. The van der Waals surface area contributed by atoms with Crippen LogP contribution in [0.15, 0.2) is 71.6 Å². The average molecular weight is 410 g/mol. The summed E-state index contributed by atoms with van der Waals surface area (Å²) in [6, 6.07) is 19.1. The number of rotatable bonds is 7. The number of carbonyl (C=O) groups is 2. The summed E-state index contributed by atoms with van der Waals surface area (Å²) in [5, 5.41) is 15.3. The number of nitrogens with one attached hydrogen (secondary N) is 1. The Bertz CT molecular complexity index is 1050. The van der Waals surface area contributed by atoms with Gasteiger partial charge in [-0.1, -0.05) is 36.4 Å². The number of hydrogen-bond acceptors (Lipinski definition) is 6. The van der Waals surface area contributed by atoms with Crippen LogP contribution in [0.5, 0.6) is 0 Å². The minimum atomic E-state index is -0.959. The fourth-order valence-electron chi connectivity index (χ4n) is 2.66. The van der Waals surface area contributed by atoms with Gasteiger partial charge >= 0.3 is 5.97 Å². The molecule has 1 N–H and O–H groups in total. The Morgan fingerprint density at radius 1 is 1.07 bits per heavy atom. The molecule has 0 spiro atoms. The number of nitrogens with zero attached hydrogens (tertiary/aromatic N) is 1. The molecule has 1 amide bonds. The number of amides is 1. The first-order valence-corrected chi connectivity index (χ1v) is 9.78. The summed E-state index contributed by atoms with van der Waals surface area (Å²) >= 11 is 1.18. The summed E-state index contributed by atoms with van der Waals surface area (Å²) in [4.78, 5) is 35.3. The molecule has 148 valence electrons. The van der Waals surface area contributed by atoms with Gasteiger partial charge in [0.2, 0.25) is 0 Å². The SMILES string of the molecule is C[C@@H](OC(=O)CSc1ccc([N+](=O)[O-])cc1)C(=O)Nc1cccc2ccccc12. The Kier molecular flexibility index (Phi) is 6.46. The third-order valence-electron chi connectivity index (χ3n) is 4.13. The summed E-state index contributed by atoms with van der Waals surface area (Å²) in [5.74, 6) is -0.979. The minimum Gasteiger partial charge on any atom is -0.452 e. The van der Waals surface area contributed by atoms with Crippen LogP contribution in [0.3, 0.4) is 0 Å². The van der Waals surface area contributed by atoms with Crippen molar-refractivity contribution in [3.8, 4) is 0 Å². The number of hydrogen-bond donors (Lipinski definition) is 1. The van der Waals surface area contributed by atoms with Crippen LogP contribution >= 0.6 is 11.8 Å². The zero-order chi connectivity index (χ0) is 20.8. The molecule has 8 heteroatoms. The van der Waals surface area contributed by atoms with Gasteiger partial charge in [0.15, 0.2) is 6.10 Å². The van der Waals surface area contributed by atoms with Crippen molar-refractivity contribution in [3.05, 3.63) is 76.8 Å². The van der Waals surface area contributed by atoms with Crippen LogP contribution in [0.2, 0.25) is 0 Å². The first-order chi connectivity index (χ1) is 13.9. The number of fused-ring (bicyclic) bond motifs is 1. The van der Waals surface area contributed by atoms with Crippen LogP contribution in [0.25, 0.3) is 10.8 Å². The quantitative estimate of drug-likeness (QED) is 0.268. The normalized spacial score (nSPS) is 11.6. The molecule has 0 bridgehead atoms. The second-order valence-electron chi connectivity index (χ2n) is 6.19. The number of carbonyl (C=O) groups excluding carboxylic acids is 2. The molecule has 3 rings (SSSR count). The van der Waals surface area contributed by atoms with Crippen molar-refractivity contribution >= 4 is 45.8 Å². The second kappa shape index (κ2) is 9.20. The van der Waals surface area contributed by atoms with Gasteiger partial charge in [0.1, 0.15) is 0 Å². The first kappa shape index (κ1) is 20.3. The third kappa shape index (κ3) is 5.32. The molecule has 0 fully saturated rings. The molecule has 1 atom stereocenters. The molecule has 0 saturated heterocycles. The van der Waals surface area contributed by atoms with Crippen molar-refractivity contribution in [1.82, 2.24) is 0 Å². The highest BCUT2D eigenvalue weighted by molar-refractivity contribution is 8.00. The van der Waals surface area contributed by atoms with Crippen molar-refractivity contribution in [1.29, 1.82) is 0 Å². The largest absolute Gasteiger partial charge is 0.452 e. The van der Waals surface area contributed by atoms with E-state index in [0.717, 1.165) is 10.8 Å². The van der Waals surface area contributed by atoms with Crippen molar-refractivity contribution < 1.29 is 19.2 Å². The number of ether oxygens (including phenoxy) is 1. The standard InChI is InChI=1S/C21H18N2O5S/c1-14(21(25)22-19-8-4-6-15-5-2-3-7-18(15)19)28-20(24)13-29-17-11-9-16(10-12-17)23(26)27/h2-12,14H,13H2,1H3,(H,22,25)/t14-/m1/s1. The number of thioether (sulfide) groups is 1. The van der Waals surface area contributed by atoms with E-state index >= 15 is 0 Å². The van der Waals surface area contributed by atoms with E-state index in [9.17, 15) is 19.7 Å². The molecular weight excluding hydrogens is 392 g/mol. The predicted molar refractivity (Wildman–Crippen MR) is 112 cm³/mol. The average Bonchev–Trinajstić information content (AvgIpc) is 2.72. The monoisotopic (exact) mass is 410 g/mol. The topological polar surface area (TPSA) is 98.5 Å². The van der Waals surface area contributed by atoms with Crippen LogP contribution in [0, 0.1) is 10.1 Å². The highest BCUT2D eigenvalue weighted by Gasteiger charge is 2.19. The maximum Gasteiger partial charge on any atom is 0.317 e. The highest BCUT2D eigenvalue weighted by Crippen LogP contribution is 2.24. The van der Waals surface area contributed by atoms with Gasteiger partial charge < -0.3 is 10.1 Å². The molecule has 0 aliphatic rings. The zero-order valence-corrected chi connectivity index (χ0v) is 16.3. The summed E-state index contributed by atoms with van der Waals surface area (Å²) in [5.41, 5.74) is 0.631. The predicted octanol–water partition coefficient (Wildman–Crippen LogP) is 4.41. The van der Waals surface area contributed by atoms with E-state index in [0.29, 0.717) is 10.6 Å². The molecule has 29 heavy (non-hydrogen) atoms. The molecule has 0 aromatic heterocycles. The molecular formula is C21H18N2O5S. The van der Waals surface area contributed by atoms with Crippen LogP contribution in [0.1, 0.15) is 6.92 Å². The van der Waals surface area contributed by atoms with E-state index < -0.39 is 22.9 Å². The zero-order valence-electron chi connectivity index (χ0n) is 15.5. The summed E-state index contributed by atoms with van der Waals surface area (Å²) in [6.07, 6.45) is -0.959. The van der Waals surface area contributed by atoms with Gasteiger partial charge in [-0.05, 0) is 30.5 Å². The Morgan fingerprint density at radius 3 is 2.48 bits per heavy atom. The number of nitro benzene ring substituents is 1. The summed E-state index contributed by atoms with van der Waals surface area (Å²) in [7, 11) is 0. The minimum absolute atomic E-state index is 0.0102. The summed E-state index contributed by atoms with van der Waals surface area (Å²) in [6.45, 7) is 1.51. The number of anilines is 1. The summed E-state index contributed by atoms with van der Waals surface area (Å²) < 4.78 is 5.20. The van der Waals surface area contributed by atoms with Crippen molar-refractivity contribution in [2.75, 3.05) is 11.1 Å². The van der Waals surface area contributed by atoms with Gasteiger partial charge in [-0.15, -0.1) is 11.8 Å². The van der Waals surface area contributed by atoms with Crippen LogP contribution in [0.4, 0.5) is 11.4 Å². The number of nitro groups is 1. The van der Waals surface area contributed by atoms with Gasteiger partial charge in [0.25, 0.3) is 11.6 Å². The van der Waals surface area contributed by atoms with Crippen LogP contribution < -0.4 is 5.32 Å². The Morgan fingerprint density at radius 2 is 1.76 bits per heavy atom. The molecule has 0 aliphatic carbocycles. The molecule has 0 aliphatic heterocycles. The number of non-ortho nitro benzene ring substituents is 1. The van der Waals surface area contributed by atoms with Gasteiger partial charge in [-0.2, -0.15) is 0 Å². The van der Waals surface area contributed by atoms with E-state index in [1.807, 2.05) is 36.4 Å². The fraction of sp³-hybridized carbons (Fsp3) is 0.143.